The Morgan fingerprint density at radius 2 is 2.22 bits per heavy atom. The fraction of sp³-hybridized carbons (Fsp3) is 0.538. The summed E-state index contributed by atoms with van der Waals surface area (Å²) in [6, 6.07) is 8.12. The van der Waals surface area contributed by atoms with Gasteiger partial charge in [-0.2, -0.15) is 0 Å². The first-order chi connectivity index (χ1) is 8.50. The molecular formula is C13H16BrClO2S. The standard InChI is InChI=1S/C13H16BrClO2S/c14-13-3-1-2-10(7-13)6-12(8-15)11-4-5-18(16,17)9-11/h1-3,7,11-12H,4-6,8-9H2. The summed E-state index contributed by atoms with van der Waals surface area (Å²) < 4.78 is 24.1. The largest absolute Gasteiger partial charge is 0.229 e. The van der Waals surface area contributed by atoms with Crippen LogP contribution in [-0.4, -0.2) is 25.8 Å². The Hall–Kier alpha value is -0.0600. The highest BCUT2D eigenvalue weighted by Crippen LogP contribution is 2.30. The van der Waals surface area contributed by atoms with Gasteiger partial charge in [0.15, 0.2) is 9.84 Å². The minimum atomic E-state index is -2.82. The van der Waals surface area contributed by atoms with E-state index in [1.165, 1.54) is 5.56 Å². The Kier molecular flexibility index (Phi) is 4.73. The van der Waals surface area contributed by atoms with Gasteiger partial charge in [0, 0.05) is 10.4 Å². The van der Waals surface area contributed by atoms with E-state index >= 15 is 0 Å². The van der Waals surface area contributed by atoms with Crippen molar-refractivity contribution in [3.63, 3.8) is 0 Å². The molecule has 1 fully saturated rings. The number of alkyl halides is 1. The van der Waals surface area contributed by atoms with Crippen LogP contribution in [0.5, 0.6) is 0 Å². The van der Waals surface area contributed by atoms with Crippen molar-refractivity contribution < 1.29 is 8.42 Å². The second-order valence-electron chi connectivity index (χ2n) is 4.91. The van der Waals surface area contributed by atoms with Gasteiger partial charge in [-0.25, -0.2) is 8.42 Å². The highest BCUT2D eigenvalue weighted by Gasteiger charge is 2.33. The molecule has 2 rings (SSSR count). The third-order valence-electron chi connectivity index (χ3n) is 3.52. The Labute approximate surface area is 122 Å². The van der Waals surface area contributed by atoms with Crippen LogP contribution in [0.4, 0.5) is 0 Å². The number of hydrogen-bond donors (Lipinski definition) is 0. The molecule has 18 heavy (non-hydrogen) atoms. The maximum absolute atomic E-state index is 11.5. The first kappa shape index (κ1) is 14.4. The molecule has 0 aliphatic carbocycles. The van der Waals surface area contributed by atoms with Crippen molar-refractivity contribution in [2.75, 3.05) is 17.4 Å². The van der Waals surface area contributed by atoms with Gasteiger partial charge in [-0.05, 0) is 42.4 Å². The van der Waals surface area contributed by atoms with Gasteiger partial charge < -0.3 is 0 Å². The molecule has 0 aromatic heterocycles. The lowest BCUT2D eigenvalue weighted by Crippen LogP contribution is -2.20. The monoisotopic (exact) mass is 350 g/mol. The first-order valence-corrected chi connectivity index (χ1v) is 9.16. The molecule has 1 aliphatic heterocycles. The topological polar surface area (TPSA) is 34.1 Å². The molecule has 2 atom stereocenters. The molecule has 1 aliphatic rings. The predicted octanol–water partition coefficient (Wildman–Crippen LogP) is 3.28. The second-order valence-corrected chi connectivity index (χ2v) is 8.36. The molecule has 2 nitrogen and oxygen atoms in total. The predicted molar refractivity (Wildman–Crippen MR) is 78.8 cm³/mol. The number of rotatable bonds is 4. The van der Waals surface area contributed by atoms with Crippen molar-refractivity contribution in [3.8, 4) is 0 Å². The van der Waals surface area contributed by atoms with Gasteiger partial charge in [0.05, 0.1) is 11.5 Å². The zero-order valence-corrected chi connectivity index (χ0v) is 13.1. The minimum absolute atomic E-state index is 0.214. The van der Waals surface area contributed by atoms with E-state index in [0.29, 0.717) is 17.4 Å². The summed E-state index contributed by atoms with van der Waals surface area (Å²) in [5.41, 5.74) is 1.21. The summed E-state index contributed by atoms with van der Waals surface area (Å²) in [6.07, 6.45) is 1.61. The van der Waals surface area contributed by atoms with Crippen LogP contribution in [0.1, 0.15) is 12.0 Å². The van der Waals surface area contributed by atoms with Crippen LogP contribution < -0.4 is 0 Å². The van der Waals surface area contributed by atoms with Gasteiger partial charge in [0.2, 0.25) is 0 Å². The van der Waals surface area contributed by atoms with Crippen LogP contribution >= 0.6 is 27.5 Å². The number of halogens is 2. The summed E-state index contributed by atoms with van der Waals surface area (Å²) in [4.78, 5) is 0. The third-order valence-corrected chi connectivity index (χ3v) is 6.20. The molecule has 0 amide bonds. The van der Waals surface area contributed by atoms with E-state index in [9.17, 15) is 8.42 Å². The van der Waals surface area contributed by atoms with Crippen LogP contribution in [-0.2, 0) is 16.3 Å². The quantitative estimate of drug-likeness (QED) is 0.780. The van der Waals surface area contributed by atoms with Crippen molar-refractivity contribution >= 4 is 37.4 Å². The van der Waals surface area contributed by atoms with Gasteiger partial charge >= 0.3 is 0 Å². The van der Waals surface area contributed by atoms with Crippen molar-refractivity contribution in [2.24, 2.45) is 11.8 Å². The lowest BCUT2D eigenvalue weighted by molar-refractivity contribution is 0.398. The zero-order valence-electron chi connectivity index (χ0n) is 9.98. The SMILES string of the molecule is O=S1(=O)CCC(C(CCl)Cc2cccc(Br)c2)C1. The summed E-state index contributed by atoms with van der Waals surface area (Å²) >= 11 is 9.47. The van der Waals surface area contributed by atoms with Crippen LogP contribution in [0, 0.1) is 11.8 Å². The van der Waals surface area contributed by atoms with Gasteiger partial charge in [-0.1, -0.05) is 28.1 Å². The number of hydrogen-bond acceptors (Lipinski definition) is 2. The van der Waals surface area contributed by atoms with Gasteiger partial charge in [-0.15, -0.1) is 11.6 Å². The summed E-state index contributed by atoms with van der Waals surface area (Å²) in [5, 5.41) is 0. The minimum Gasteiger partial charge on any atom is -0.229 e. The third kappa shape index (κ3) is 3.72. The average molecular weight is 352 g/mol. The molecule has 1 saturated heterocycles. The molecule has 0 saturated carbocycles. The van der Waals surface area contributed by atoms with E-state index in [4.69, 9.17) is 11.6 Å². The molecule has 2 unspecified atom stereocenters. The molecule has 0 spiro atoms. The smallest absolute Gasteiger partial charge is 0.150 e. The van der Waals surface area contributed by atoms with Gasteiger partial charge in [0.1, 0.15) is 0 Å². The molecule has 0 N–H and O–H groups in total. The second kappa shape index (κ2) is 5.93. The summed E-state index contributed by atoms with van der Waals surface area (Å²) in [6.45, 7) is 0. The summed E-state index contributed by atoms with van der Waals surface area (Å²) in [5.74, 6) is 1.61. The zero-order chi connectivity index (χ0) is 13.2. The fourth-order valence-electron chi connectivity index (χ4n) is 2.51. The number of benzene rings is 1. The molecular weight excluding hydrogens is 336 g/mol. The van der Waals surface area contributed by atoms with Crippen molar-refractivity contribution in [1.29, 1.82) is 0 Å². The van der Waals surface area contributed by atoms with Crippen LogP contribution in [0.15, 0.2) is 28.7 Å². The Bertz CT molecular complexity index is 515. The maximum atomic E-state index is 11.5. The normalized spacial score (nSPS) is 24.0. The van der Waals surface area contributed by atoms with Crippen LogP contribution in [0.25, 0.3) is 0 Å². The number of sulfone groups is 1. The highest BCUT2D eigenvalue weighted by atomic mass is 79.9. The molecule has 5 heteroatoms. The lowest BCUT2D eigenvalue weighted by atomic mass is 9.88. The molecule has 1 heterocycles. The van der Waals surface area contributed by atoms with E-state index in [-0.39, 0.29) is 11.8 Å². The van der Waals surface area contributed by atoms with E-state index < -0.39 is 9.84 Å². The van der Waals surface area contributed by atoms with E-state index in [2.05, 4.69) is 28.1 Å². The molecule has 100 valence electrons. The average Bonchev–Trinajstić information content (AvgIpc) is 2.66. The maximum Gasteiger partial charge on any atom is 0.150 e. The Balaban J connectivity index is 2.06. The van der Waals surface area contributed by atoms with Crippen molar-refractivity contribution in [3.05, 3.63) is 34.3 Å². The Morgan fingerprint density at radius 3 is 2.78 bits per heavy atom. The van der Waals surface area contributed by atoms with Crippen molar-refractivity contribution in [1.82, 2.24) is 0 Å². The van der Waals surface area contributed by atoms with E-state index in [0.717, 1.165) is 17.3 Å². The first-order valence-electron chi connectivity index (χ1n) is 6.01. The molecule has 0 bridgehead atoms. The van der Waals surface area contributed by atoms with Crippen molar-refractivity contribution in [2.45, 2.75) is 12.8 Å². The van der Waals surface area contributed by atoms with Crippen LogP contribution in [0.2, 0.25) is 0 Å². The van der Waals surface area contributed by atoms with E-state index in [1.54, 1.807) is 0 Å². The molecule has 1 aromatic rings. The molecule has 0 radical (unpaired) electrons. The van der Waals surface area contributed by atoms with Gasteiger partial charge in [-0.3, -0.25) is 0 Å². The lowest BCUT2D eigenvalue weighted by Gasteiger charge is -2.20. The highest BCUT2D eigenvalue weighted by molar-refractivity contribution is 9.10. The molecule has 1 aromatic carbocycles. The van der Waals surface area contributed by atoms with Crippen LogP contribution in [0.3, 0.4) is 0 Å². The fourth-order valence-corrected chi connectivity index (χ4v) is 5.24. The van der Waals surface area contributed by atoms with Gasteiger partial charge in [0.25, 0.3) is 0 Å². The summed E-state index contributed by atoms with van der Waals surface area (Å²) in [7, 11) is -2.82. The Morgan fingerprint density at radius 1 is 1.44 bits per heavy atom. The van der Waals surface area contributed by atoms with E-state index in [1.807, 2.05) is 12.1 Å².